The molecule has 1 fully saturated rings. The van der Waals surface area contributed by atoms with Crippen molar-refractivity contribution in [3.63, 3.8) is 0 Å². The fourth-order valence-electron chi connectivity index (χ4n) is 1.04. The predicted molar refractivity (Wildman–Crippen MR) is 35.7 cm³/mol. The van der Waals surface area contributed by atoms with Gasteiger partial charge in [-0.3, -0.25) is 4.79 Å². The Morgan fingerprint density at radius 1 is 1.78 bits per heavy atom. The summed E-state index contributed by atoms with van der Waals surface area (Å²) < 4.78 is 0. The predicted octanol–water partition coefficient (Wildman–Crippen LogP) is 1.25. The minimum absolute atomic E-state index is 0.0648. The molecular formula is C7H11NO. The van der Waals surface area contributed by atoms with Crippen molar-refractivity contribution in [2.75, 3.05) is 0 Å². The van der Waals surface area contributed by atoms with Crippen molar-refractivity contribution in [2.24, 2.45) is 11.8 Å². The van der Waals surface area contributed by atoms with Gasteiger partial charge in [0.2, 0.25) is 0 Å². The van der Waals surface area contributed by atoms with Gasteiger partial charge in [-0.1, -0.05) is 0 Å². The van der Waals surface area contributed by atoms with Gasteiger partial charge in [-0.15, -0.1) is 0 Å². The summed E-state index contributed by atoms with van der Waals surface area (Å²) in [5, 5.41) is 6.91. The fraction of sp³-hybridized carbons (Fsp3) is 0.714. The van der Waals surface area contributed by atoms with E-state index in [1.807, 2.05) is 0 Å². The molecule has 1 rings (SSSR count). The highest BCUT2D eigenvalue weighted by Crippen LogP contribution is 2.36. The van der Waals surface area contributed by atoms with Crippen molar-refractivity contribution in [1.29, 1.82) is 5.41 Å². The normalized spacial score (nSPS) is 21.0. The first-order chi connectivity index (χ1) is 4.25. The Morgan fingerprint density at radius 3 is 2.44 bits per heavy atom. The summed E-state index contributed by atoms with van der Waals surface area (Å²) in [5.41, 5.74) is 0. The lowest BCUT2D eigenvalue weighted by Gasteiger charge is -2.01. The second-order valence-electron chi connectivity index (χ2n) is 2.64. The van der Waals surface area contributed by atoms with Crippen molar-refractivity contribution in [3.05, 3.63) is 0 Å². The number of hydrogen-bond acceptors (Lipinski definition) is 2. The molecule has 0 aromatic heterocycles. The van der Waals surface area contributed by atoms with E-state index in [4.69, 9.17) is 5.41 Å². The molecule has 0 amide bonds. The van der Waals surface area contributed by atoms with Gasteiger partial charge < -0.3 is 5.41 Å². The Balaban J connectivity index is 2.47. The van der Waals surface area contributed by atoms with Gasteiger partial charge in [0.25, 0.3) is 0 Å². The van der Waals surface area contributed by atoms with Crippen LogP contribution in [0.3, 0.4) is 0 Å². The Morgan fingerprint density at radius 2 is 2.33 bits per heavy atom. The van der Waals surface area contributed by atoms with Crippen LogP contribution >= 0.6 is 0 Å². The fourth-order valence-corrected chi connectivity index (χ4v) is 1.04. The number of carbonyl (C=O) groups is 1. The van der Waals surface area contributed by atoms with Crippen molar-refractivity contribution in [3.8, 4) is 0 Å². The minimum Gasteiger partial charge on any atom is -0.312 e. The molecule has 50 valence electrons. The third kappa shape index (κ3) is 1.37. The number of hydrogen-bond donors (Lipinski definition) is 1. The number of Topliss-reactive ketones (excluding diaryl/α,β-unsaturated/α-hetero) is 1. The van der Waals surface area contributed by atoms with Crippen LogP contribution in [0.2, 0.25) is 0 Å². The van der Waals surface area contributed by atoms with E-state index >= 15 is 0 Å². The molecule has 1 saturated carbocycles. The molecule has 0 aliphatic heterocycles. The zero-order valence-electron chi connectivity index (χ0n) is 5.55. The molecule has 0 aromatic carbocycles. The SMILES string of the molecule is CC(=O)C(C=N)C1CC1. The molecule has 2 nitrogen and oxygen atoms in total. The number of carbonyl (C=O) groups excluding carboxylic acids is 1. The summed E-state index contributed by atoms with van der Waals surface area (Å²) in [6.07, 6.45) is 3.55. The highest BCUT2D eigenvalue weighted by atomic mass is 16.1. The summed E-state index contributed by atoms with van der Waals surface area (Å²) in [6.45, 7) is 1.56. The van der Waals surface area contributed by atoms with Crippen molar-refractivity contribution in [2.45, 2.75) is 19.8 Å². The molecule has 1 aliphatic carbocycles. The number of ketones is 1. The quantitative estimate of drug-likeness (QED) is 0.566. The summed E-state index contributed by atoms with van der Waals surface area (Å²) >= 11 is 0. The first-order valence-corrected chi connectivity index (χ1v) is 3.26. The molecule has 1 unspecified atom stereocenters. The molecule has 1 N–H and O–H groups in total. The van der Waals surface area contributed by atoms with Gasteiger partial charge in [-0.2, -0.15) is 0 Å². The second-order valence-corrected chi connectivity index (χ2v) is 2.64. The van der Waals surface area contributed by atoms with E-state index in [0.29, 0.717) is 5.92 Å². The summed E-state index contributed by atoms with van der Waals surface area (Å²) in [7, 11) is 0. The molecule has 0 bridgehead atoms. The summed E-state index contributed by atoms with van der Waals surface area (Å²) in [5.74, 6) is 0.595. The van der Waals surface area contributed by atoms with Gasteiger partial charge in [-0.25, -0.2) is 0 Å². The zero-order chi connectivity index (χ0) is 6.85. The molecule has 2 heteroatoms. The third-order valence-corrected chi connectivity index (χ3v) is 1.78. The Labute approximate surface area is 54.8 Å². The van der Waals surface area contributed by atoms with Crippen molar-refractivity contribution >= 4 is 12.0 Å². The lowest BCUT2D eigenvalue weighted by atomic mass is 10.0. The largest absolute Gasteiger partial charge is 0.312 e. The van der Waals surface area contributed by atoms with Gasteiger partial charge in [0.05, 0.1) is 5.92 Å². The van der Waals surface area contributed by atoms with Crippen LogP contribution in [0.5, 0.6) is 0 Å². The first kappa shape index (κ1) is 6.46. The number of rotatable bonds is 3. The average Bonchev–Trinajstić information content (AvgIpc) is 2.50. The molecule has 1 atom stereocenters. The molecule has 0 radical (unpaired) electrons. The van der Waals surface area contributed by atoms with E-state index < -0.39 is 0 Å². The molecule has 0 aromatic rings. The molecule has 1 aliphatic rings. The van der Waals surface area contributed by atoms with E-state index in [1.54, 1.807) is 6.92 Å². The van der Waals surface area contributed by atoms with Crippen LogP contribution in [0.4, 0.5) is 0 Å². The molecule has 0 spiro atoms. The highest BCUT2D eigenvalue weighted by Gasteiger charge is 2.32. The maximum absolute atomic E-state index is 10.7. The molecule has 9 heavy (non-hydrogen) atoms. The van der Waals surface area contributed by atoms with Gasteiger partial charge in [0.15, 0.2) is 0 Å². The number of nitrogens with one attached hydrogen (secondary N) is 1. The maximum Gasteiger partial charge on any atom is 0.138 e. The second kappa shape index (κ2) is 2.29. The lowest BCUT2D eigenvalue weighted by Crippen LogP contribution is -2.13. The van der Waals surface area contributed by atoms with Crippen molar-refractivity contribution in [1.82, 2.24) is 0 Å². The van der Waals surface area contributed by atoms with Gasteiger partial charge in [-0.05, 0) is 25.7 Å². The van der Waals surface area contributed by atoms with E-state index in [1.165, 1.54) is 6.21 Å². The molecular weight excluding hydrogens is 114 g/mol. The van der Waals surface area contributed by atoms with Crippen LogP contribution in [0.1, 0.15) is 19.8 Å². The van der Waals surface area contributed by atoms with E-state index in [0.717, 1.165) is 12.8 Å². The van der Waals surface area contributed by atoms with E-state index in [9.17, 15) is 4.79 Å². The highest BCUT2D eigenvalue weighted by molar-refractivity contribution is 5.92. The maximum atomic E-state index is 10.7. The van der Waals surface area contributed by atoms with Gasteiger partial charge >= 0.3 is 0 Å². The van der Waals surface area contributed by atoms with Crippen LogP contribution < -0.4 is 0 Å². The Bertz CT molecular complexity index is 138. The topological polar surface area (TPSA) is 40.9 Å². The monoisotopic (exact) mass is 125 g/mol. The smallest absolute Gasteiger partial charge is 0.138 e. The first-order valence-electron chi connectivity index (χ1n) is 3.26. The van der Waals surface area contributed by atoms with Crippen LogP contribution in [0.25, 0.3) is 0 Å². The summed E-state index contributed by atoms with van der Waals surface area (Å²) in [4.78, 5) is 10.7. The van der Waals surface area contributed by atoms with Gasteiger partial charge in [0, 0.05) is 6.21 Å². The van der Waals surface area contributed by atoms with E-state index in [-0.39, 0.29) is 11.7 Å². The van der Waals surface area contributed by atoms with Crippen LogP contribution in [0, 0.1) is 17.2 Å². The Kier molecular flexibility index (Phi) is 1.65. The third-order valence-electron chi connectivity index (χ3n) is 1.78. The molecule has 0 heterocycles. The van der Waals surface area contributed by atoms with Crippen LogP contribution in [-0.4, -0.2) is 12.0 Å². The van der Waals surface area contributed by atoms with Crippen molar-refractivity contribution < 1.29 is 4.79 Å². The minimum atomic E-state index is -0.0648. The zero-order valence-corrected chi connectivity index (χ0v) is 5.55. The van der Waals surface area contributed by atoms with Crippen LogP contribution in [0.15, 0.2) is 0 Å². The average molecular weight is 125 g/mol. The van der Waals surface area contributed by atoms with E-state index in [2.05, 4.69) is 0 Å². The summed E-state index contributed by atoms with van der Waals surface area (Å²) in [6, 6.07) is 0. The molecule has 0 saturated heterocycles. The Hall–Kier alpha value is -0.660. The standard InChI is InChI=1S/C7H11NO/c1-5(9)7(4-8)6-2-3-6/h4,6-8H,2-3H2,1H3. The lowest BCUT2D eigenvalue weighted by molar-refractivity contribution is -0.119. The van der Waals surface area contributed by atoms with Gasteiger partial charge in [0.1, 0.15) is 5.78 Å². The van der Waals surface area contributed by atoms with Crippen LogP contribution in [-0.2, 0) is 4.79 Å².